The van der Waals surface area contributed by atoms with Gasteiger partial charge in [0.2, 0.25) is 0 Å². The summed E-state index contributed by atoms with van der Waals surface area (Å²) in [4.78, 5) is 12.0. The molecule has 1 amide bonds. The molecule has 5 heteroatoms. The van der Waals surface area contributed by atoms with E-state index >= 15 is 0 Å². The highest BCUT2D eigenvalue weighted by Crippen LogP contribution is 2.17. The van der Waals surface area contributed by atoms with Crippen LogP contribution in [0.5, 0.6) is 0 Å². The van der Waals surface area contributed by atoms with Crippen molar-refractivity contribution in [3.63, 3.8) is 0 Å². The highest BCUT2D eigenvalue weighted by atomic mass is 19.1. The van der Waals surface area contributed by atoms with E-state index in [9.17, 15) is 13.6 Å². The van der Waals surface area contributed by atoms with Crippen LogP contribution in [-0.4, -0.2) is 12.5 Å². The van der Waals surface area contributed by atoms with Gasteiger partial charge in [0.15, 0.2) is 6.54 Å². The van der Waals surface area contributed by atoms with Crippen molar-refractivity contribution in [2.75, 3.05) is 11.9 Å². The highest BCUT2D eigenvalue weighted by Gasteiger charge is 2.20. The lowest BCUT2D eigenvalue weighted by atomic mass is 9.96. The number of carbonyl (C=O) groups is 1. The first kappa shape index (κ1) is 17.1. The van der Waals surface area contributed by atoms with Crippen molar-refractivity contribution in [3.05, 3.63) is 65.7 Å². The SMILES string of the molecule is CC(C)[C@H]([NH2+]CC(=O)Nc1ccc(F)cc1)c1ccc(F)cc1. The Hall–Kier alpha value is -2.27. The Morgan fingerprint density at radius 2 is 1.52 bits per heavy atom. The number of quaternary nitrogens is 1. The monoisotopic (exact) mass is 319 g/mol. The van der Waals surface area contributed by atoms with Gasteiger partial charge in [0, 0.05) is 17.2 Å². The van der Waals surface area contributed by atoms with Crippen LogP contribution in [0.25, 0.3) is 0 Å². The molecule has 0 saturated heterocycles. The molecule has 2 rings (SSSR count). The van der Waals surface area contributed by atoms with Crippen LogP contribution in [0.1, 0.15) is 25.5 Å². The lowest BCUT2D eigenvalue weighted by Crippen LogP contribution is -2.88. The number of hydrogen-bond acceptors (Lipinski definition) is 1. The van der Waals surface area contributed by atoms with E-state index in [0.29, 0.717) is 11.6 Å². The summed E-state index contributed by atoms with van der Waals surface area (Å²) in [5.74, 6) is -0.487. The molecule has 0 saturated carbocycles. The minimum atomic E-state index is -0.342. The van der Waals surface area contributed by atoms with Gasteiger partial charge < -0.3 is 10.6 Å². The largest absolute Gasteiger partial charge is 0.332 e. The fraction of sp³-hybridized carbons (Fsp3) is 0.278. The number of anilines is 1. The minimum absolute atomic E-state index is 0.0644. The number of halogens is 2. The number of rotatable bonds is 6. The van der Waals surface area contributed by atoms with Crippen molar-refractivity contribution < 1.29 is 18.9 Å². The predicted octanol–water partition coefficient (Wildman–Crippen LogP) is 2.86. The normalized spacial score (nSPS) is 12.2. The summed E-state index contributed by atoms with van der Waals surface area (Å²) >= 11 is 0. The standard InChI is InChI=1S/C18H20F2N2O/c1-12(2)18(13-3-5-14(19)6-4-13)21-11-17(23)22-16-9-7-15(20)8-10-16/h3-10,12,18,21H,11H2,1-2H3,(H,22,23)/p+1/t18-/m0/s1. The van der Waals surface area contributed by atoms with Crippen molar-refractivity contribution >= 4 is 11.6 Å². The van der Waals surface area contributed by atoms with Crippen LogP contribution in [0.15, 0.2) is 48.5 Å². The summed E-state index contributed by atoms with van der Waals surface area (Å²) in [5.41, 5.74) is 1.55. The molecular weight excluding hydrogens is 298 g/mol. The van der Waals surface area contributed by atoms with E-state index in [2.05, 4.69) is 19.2 Å². The van der Waals surface area contributed by atoms with Gasteiger partial charge in [-0.1, -0.05) is 26.0 Å². The molecule has 122 valence electrons. The molecule has 0 aromatic heterocycles. The number of hydrogen-bond donors (Lipinski definition) is 2. The highest BCUT2D eigenvalue weighted by molar-refractivity contribution is 5.91. The summed E-state index contributed by atoms with van der Waals surface area (Å²) in [7, 11) is 0. The van der Waals surface area contributed by atoms with Crippen LogP contribution in [0, 0.1) is 17.6 Å². The van der Waals surface area contributed by atoms with Crippen molar-refractivity contribution in [1.29, 1.82) is 0 Å². The Morgan fingerprint density at radius 3 is 2.04 bits per heavy atom. The molecular formula is C18H21F2N2O+. The Kier molecular flexibility index (Phi) is 5.82. The van der Waals surface area contributed by atoms with Gasteiger partial charge in [-0.05, 0) is 36.4 Å². The molecule has 0 aliphatic rings. The maximum atomic E-state index is 13.0. The van der Waals surface area contributed by atoms with Crippen molar-refractivity contribution in [2.24, 2.45) is 5.92 Å². The molecule has 0 radical (unpaired) electrons. The Bertz CT molecular complexity index is 639. The van der Waals surface area contributed by atoms with E-state index in [4.69, 9.17) is 0 Å². The predicted molar refractivity (Wildman–Crippen MR) is 85.8 cm³/mol. The second-order valence-electron chi connectivity index (χ2n) is 5.82. The van der Waals surface area contributed by atoms with Crippen LogP contribution >= 0.6 is 0 Å². The first-order valence-corrected chi connectivity index (χ1v) is 7.60. The topological polar surface area (TPSA) is 45.7 Å². The van der Waals surface area contributed by atoms with Crippen LogP contribution in [0.2, 0.25) is 0 Å². The maximum Gasteiger partial charge on any atom is 0.279 e. The molecule has 0 aliphatic heterocycles. The fourth-order valence-electron chi connectivity index (χ4n) is 2.46. The van der Waals surface area contributed by atoms with Gasteiger partial charge in [-0.15, -0.1) is 0 Å². The van der Waals surface area contributed by atoms with Gasteiger partial charge in [-0.2, -0.15) is 0 Å². The zero-order chi connectivity index (χ0) is 16.8. The molecule has 0 heterocycles. The second kappa shape index (κ2) is 7.83. The zero-order valence-corrected chi connectivity index (χ0v) is 13.2. The minimum Gasteiger partial charge on any atom is -0.332 e. The van der Waals surface area contributed by atoms with Crippen LogP contribution in [0.4, 0.5) is 14.5 Å². The van der Waals surface area contributed by atoms with Crippen LogP contribution < -0.4 is 10.6 Å². The maximum absolute atomic E-state index is 13.0. The number of nitrogens with one attached hydrogen (secondary N) is 1. The fourth-order valence-corrected chi connectivity index (χ4v) is 2.46. The smallest absolute Gasteiger partial charge is 0.279 e. The first-order valence-electron chi connectivity index (χ1n) is 7.60. The van der Waals surface area contributed by atoms with Crippen LogP contribution in [0.3, 0.4) is 0 Å². The molecule has 0 aliphatic carbocycles. The lowest BCUT2D eigenvalue weighted by molar-refractivity contribution is -0.692. The second-order valence-corrected chi connectivity index (χ2v) is 5.82. The van der Waals surface area contributed by atoms with E-state index in [1.807, 2.05) is 5.32 Å². The Labute approximate surface area is 134 Å². The molecule has 1 atom stereocenters. The first-order chi connectivity index (χ1) is 11.0. The zero-order valence-electron chi connectivity index (χ0n) is 13.2. The van der Waals surface area contributed by atoms with Gasteiger partial charge in [0.25, 0.3) is 5.91 Å². The van der Waals surface area contributed by atoms with Gasteiger partial charge in [-0.25, -0.2) is 8.78 Å². The molecule has 2 aromatic rings. The summed E-state index contributed by atoms with van der Waals surface area (Å²) in [6.07, 6.45) is 0. The van der Waals surface area contributed by atoms with E-state index < -0.39 is 0 Å². The van der Waals surface area contributed by atoms with Crippen LogP contribution in [-0.2, 0) is 4.79 Å². The molecule has 0 bridgehead atoms. The summed E-state index contributed by atoms with van der Waals surface area (Å²) in [6.45, 7) is 4.35. The van der Waals surface area contributed by atoms with Crippen molar-refractivity contribution in [2.45, 2.75) is 19.9 Å². The molecule has 2 aromatic carbocycles. The summed E-state index contributed by atoms with van der Waals surface area (Å²) < 4.78 is 25.9. The third-order valence-corrected chi connectivity index (χ3v) is 3.66. The summed E-state index contributed by atoms with van der Waals surface area (Å²) in [6, 6.07) is 12.1. The number of amides is 1. The Morgan fingerprint density at radius 1 is 1.00 bits per heavy atom. The Balaban J connectivity index is 1.94. The van der Waals surface area contributed by atoms with E-state index in [1.54, 1.807) is 12.1 Å². The quantitative estimate of drug-likeness (QED) is 0.845. The number of benzene rings is 2. The summed E-state index contributed by atoms with van der Waals surface area (Å²) in [5, 5.41) is 4.65. The van der Waals surface area contributed by atoms with Crippen molar-refractivity contribution in [1.82, 2.24) is 0 Å². The molecule has 3 nitrogen and oxygen atoms in total. The molecule has 0 unspecified atom stereocenters. The number of nitrogens with two attached hydrogens (primary N) is 1. The van der Waals surface area contributed by atoms with Crippen molar-refractivity contribution in [3.8, 4) is 0 Å². The lowest BCUT2D eigenvalue weighted by Gasteiger charge is -2.19. The van der Waals surface area contributed by atoms with Gasteiger partial charge >= 0.3 is 0 Å². The van der Waals surface area contributed by atoms with Gasteiger partial charge in [0.05, 0.1) is 0 Å². The van der Waals surface area contributed by atoms with Gasteiger partial charge in [0.1, 0.15) is 17.7 Å². The van der Waals surface area contributed by atoms with Gasteiger partial charge in [-0.3, -0.25) is 4.79 Å². The molecule has 0 spiro atoms. The molecule has 3 N–H and O–H groups in total. The average Bonchev–Trinajstić information content (AvgIpc) is 2.51. The third-order valence-electron chi connectivity index (χ3n) is 3.66. The van der Waals surface area contributed by atoms with E-state index in [0.717, 1.165) is 5.56 Å². The average molecular weight is 319 g/mol. The molecule has 23 heavy (non-hydrogen) atoms. The van der Waals surface area contributed by atoms with E-state index in [-0.39, 0.29) is 30.1 Å². The molecule has 0 fully saturated rings. The third kappa shape index (κ3) is 5.14. The number of carbonyl (C=O) groups excluding carboxylic acids is 1. The van der Waals surface area contributed by atoms with E-state index in [1.165, 1.54) is 36.4 Å².